The molecule has 2 aromatic rings. The van der Waals surface area contributed by atoms with Crippen LogP contribution >= 0.6 is 27.5 Å². The molecule has 0 unspecified atom stereocenters. The molecule has 0 saturated carbocycles. The monoisotopic (exact) mass is 326 g/mol. The first-order chi connectivity index (χ1) is 8.56. The van der Waals surface area contributed by atoms with Crippen LogP contribution in [0.25, 0.3) is 0 Å². The Morgan fingerprint density at radius 2 is 2.22 bits per heavy atom. The standard InChI is InChI=1S/C12H8BrClN2O2/c13-8-3-1-2-7(4-8)5-10-15-6-9(14)11(16-10)12(17)18/h1-4,6H,5H2,(H,17,18). The zero-order valence-corrected chi connectivity index (χ0v) is 11.4. The number of aromatic carboxylic acids is 1. The van der Waals surface area contributed by atoms with E-state index >= 15 is 0 Å². The Morgan fingerprint density at radius 1 is 1.44 bits per heavy atom. The Balaban J connectivity index is 2.30. The fraction of sp³-hybridized carbons (Fsp3) is 0.0833. The fourth-order valence-corrected chi connectivity index (χ4v) is 2.09. The van der Waals surface area contributed by atoms with Gasteiger partial charge in [-0.05, 0) is 17.7 Å². The molecule has 0 atom stereocenters. The average molecular weight is 328 g/mol. The molecule has 0 fully saturated rings. The van der Waals surface area contributed by atoms with Gasteiger partial charge < -0.3 is 5.11 Å². The van der Waals surface area contributed by atoms with Gasteiger partial charge in [0.05, 0.1) is 11.2 Å². The Kier molecular flexibility index (Phi) is 3.93. The third kappa shape index (κ3) is 3.05. The van der Waals surface area contributed by atoms with Crippen LogP contribution in [0.5, 0.6) is 0 Å². The lowest BCUT2D eigenvalue weighted by Gasteiger charge is -2.03. The number of carboxylic acids is 1. The number of hydrogen-bond donors (Lipinski definition) is 1. The molecule has 0 aliphatic heterocycles. The molecular formula is C12H8BrClN2O2. The van der Waals surface area contributed by atoms with Crippen molar-refractivity contribution >= 4 is 33.5 Å². The van der Waals surface area contributed by atoms with Crippen molar-refractivity contribution < 1.29 is 9.90 Å². The van der Waals surface area contributed by atoms with Gasteiger partial charge in [-0.15, -0.1) is 0 Å². The molecule has 1 aromatic heterocycles. The van der Waals surface area contributed by atoms with Crippen molar-refractivity contribution in [1.29, 1.82) is 0 Å². The Labute approximate surface area is 117 Å². The largest absolute Gasteiger partial charge is 0.476 e. The molecule has 1 heterocycles. The molecule has 0 radical (unpaired) electrons. The normalized spacial score (nSPS) is 10.3. The van der Waals surface area contributed by atoms with Gasteiger partial charge in [0.15, 0.2) is 5.69 Å². The van der Waals surface area contributed by atoms with E-state index in [2.05, 4.69) is 25.9 Å². The zero-order chi connectivity index (χ0) is 13.1. The van der Waals surface area contributed by atoms with E-state index in [-0.39, 0.29) is 10.7 Å². The highest BCUT2D eigenvalue weighted by atomic mass is 79.9. The first-order valence-electron chi connectivity index (χ1n) is 5.05. The van der Waals surface area contributed by atoms with Crippen molar-refractivity contribution in [2.75, 3.05) is 0 Å². The molecule has 0 bridgehead atoms. The predicted octanol–water partition coefficient (Wildman–Crippen LogP) is 3.18. The van der Waals surface area contributed by atoms with Crippen LogP contribution in [0.4, 0.5) is 0 Å². The number of halogens is 2. The molecule has 1 N–H and O–H groups in total. The van der Waals surface area contributed by atoms with Gasteiger partial charge in [-0.2, -0.15) is 0 Å². The van der Waals surface area contributed by atoms with E-state index in [0.717, 1.165) is 10.0 Å². The van der Waals surface area contributed by atoms with Crippen LogP contribution in [0.3, 0.4) is 0 Å². The van der Waals surface area contributed by atoms with Crippen LogP contribution in [-0.2, 0) is 6.42 Å². The molecule has 0 amide bonds. The Bertz CT molecular complexity index is 604. The lowest BCUT2D eigenvalue weighted by molar-refractivity contribution is 0.0690. The van der Waals surface area contributed by atoms with Gasteiger partial charge in [0.25, 0.3) is 0 Å². The summed E-state index contributed by atoms with van der Waals surface area (Å²) >= 11 is 9.07. The minimum absolute atomic E-state index is 0.0421. The van der Waals surface area contributed by atoms with Crippen LogP contribution in [-0.4, -0.2) is 21.0 Å². The van der Waals surface area contributed by atoms with Crippen molar-refractivity contribution in [2.24, 2.45) is 0 Å². The first-order valence-corrected chi connectivity index (χ1v) is 6.22. The van der Waals surface area contributed by atoms with E-state index in [1.54, 1.807) is 0 Å². The number of rotatable bonds is 3. The minimum Gasteiger partial charge on any atom is -0.476 e. The fourth-order valence-electron chi connectivity index (χ4n) is 1.47. The van der Waals surface area contributed by atoms with Crippen LogP contribution in [0.1, 0.15) is 21.9 Å². The summed E-state index contributed by atoms with van der Waals surface area (Å²) < 4.78 is 0.951. The summed E-state index contributed by atoms with van der Waals surface area (Å²) in [7, 11) is 0. The lowest BCUT2D eigenvalue weighted by Crippen LogP contribution is -2.06. The second kappa shape index (κ2) is 5.46. The summed E-state index contributed by atoms with van der Waals surface area (Å²) in [5, 5.41) is 8.96. The summed E-state index contributed by atoms with van der Waals surface area (Å²) in [6, 6.07) is 7.66. The van der Waals surface area contributed by atoms with Crippen LogP contribution in [0.2, 0.25) is 5.02 Å². The van der Waals surface area contributed by atoms with Gasteiger partial charge >= 0.3 is 5.97 Å². The van der Waals surface area contributed by atoms with E-state index in [1.807, 2.05) is 24.3 Å². The third-order valence-corrected chi connectivity index (χ3v) is 3.02. The lowest BCUT2D eigenvalue weighted by atomic mass is 10.1. The van der Waals surface area contributed by atoms with Crippen molar-refractivity contribution in [3.05, 3.63) is 57.0 Å². The molecule has 18 heavy (non-hydrogen) atoms. The van der Waals surface area contributed by atoms with E-state index in [0.29, 0.717) is 12.2 Å². The topological polar surface area (TPSA) is 63.1 Å². The van der Waals surface area contributed by atoms with Crippen molar-refractivity contribution in [1.82, 2.24) is 9.97 Å². The highest BCUT2D eigenvalue weighted by molar-refractivity contribution is 9.10. The maximum Gasteiger partial charge on any atom is 0.356 e. The van der Waals surface area contributed by atoms with Crippen LogP contribution in [0, 0.1) is 0 Å². The minimum atomic E-state index is -1.15. The summed E-state index contributed by atoms with van der Waals surface area (Å²) in [6.45, 7) is 0. The molecule has 6 heteroatoms. The zero-order valence-electron chi connectivity index (χ0n) is 9.10. The number of carboxylic acid groups (broad SMARTS) is 1. The highest BCUT2D eigenvalue weighted by Crippen LogP contribution is 2.16. The molecule has 4 nitrogen and oxygen atoms in total. The second-order valence-electron chi connectivity index (χ2n) is 3.59. The smallest absolute Gasteiger partial charge is 0.356 e. The van der Waals surface area contributed by atoms with E-state index in [9.17, 15) is 4.79 Å². The van der Waals surface area contributed by atoms with Gasteiger partial charge in [0.2, 0.25) is 0 Å². The molecule has 0 aliphatic carbocycles. The summed E-state index contributed by atoms with van der Waals surface area (Å²) in [6.07, 6.45) is 1.77. The average Bonchev–Trinajstić information content (AvgIpc) is 2.31. The van der Waals surface area contributed by atoms with E-state index < -0.39 is 5.97 Å². The number of nitrogens with zero attached hydrogens (tertiary/aromatic N) is 2. The molecule has 0 spiro atoms. The maximum absolute atomic E-state index is 10.9. The quantitative estimate of drug-likeness (QED) is 0.940. The van der Waals surface area contributed by atoms with Gasteiger partial charge in [-0.3, -0.25) is 0 Å². The number of hydrogen-bond acceptors (Lipinski definition) is 3. The maximum atomic E-state index is 10.9. The predicted molar refractivity (Wildman–Crippen MR) is 70.9 cm³/mol. The van der Waals surface area contributed by atoms with E-state index in [4.69, 9.17) is 16.7 Å². The first kappa shape index (κ1) is 13.0. The number of aromatic nitrogens is 2. The Morgan fingerprint density at radius 3 is 2.89 bits per heavy atom. The molecule has 0 saturated heterocycles. The van der Waals surface area contributed by atoms with E-state index in [1.165, 1.54) is 6.20 Å². The SMILES string of the molecule is O=C(O)c1nc(Cc2cccc(Br)c2)ncc1Cl. The molecule has 92 valence electrons. The van der Waals surface area contributed by atoms with Crippen molar-refractivity contribution in [3.63, 3.8) is 0 Å². The van der Waals surface area contributed by atoms with Crippen LogP contribution in [0.15, 0.2) is 34.9 Å². The van der Waals surface area contributed by atoms with Gasteiger partial charge in [-0.25, -0.2) is 14.8 Å². The second-order valence-corrected chi connectivity index (χ2v) is 4.92. The number of carbonyl (C=O) groups is 1. The molecule has 1 aromatic carbocycles. The van der Waals surface area contributed by atoms with Gasteiger partial charge in [0.1, 0.15) is 5.82 Å². The summed E-state index contributed by atoms with van der Waals surface area (Å²) in [5.41, 5.74) is 0.819. The number of benzene rings is 1. The van der Waals surface area contributed by atoms with Crippen molar-refractivity contribution in [2.45, 2.75) is 6.42 Å². The summed E-state index contributed by atoms with van der Waals surface area (Å²) in [4.78, 5) is 18.9. The Hall–Kier alpha value is -1.46. The third-order valence-electron chi connectivity index (χ3n) is 2.25. The molecular weight excluding hydrogens is 320 g/mol. The molecule has 2 rings (SSSR count). The summed E-state index contributed by atoms with van der Waals surface area (Å²) in [5.74, 6) is -0.729. The molecule has 0 aliphatic rings. The van der Waals surface area contributed by atoms with Crippen molar-refractivity contribution in [3.8, 4) is 0 Å². The van der Waals surface area contributed by atoms with Gasteiger partial charge in [0, 0.05) is 10.9 Å². The highest BCUT2D eigenvalue weighted by Gasteiger charge is 2.12. The van der Waals surface area contributed by atoms with Crippen LogP contribution < -0.4 is 0 Å². The van der Waals surface area contributed by atoms with Gasteiger partial charge in [-0.1, -0.05) is 39.7 Å².